The normalized spacial score (nSPS) is 17.7. The van der Waals surface area contributed by atoms with Crippen LogP contribution < -0.4 is 9.47 Å². The smallest absolute Gasteiger partial charge is 0.307 e. The summed E-state index contributed by atoms with van der Waals surface area (Å²) >= 11 is 0. The minimum atomic E-state index is -0.708. The number of benzene rings is 2. The summed E-state index contributed by atoms with van der Waals surface area (Å²) in [5, 5.41) is 9.30. The molecule has 0 saturated carbocycles. The Balaban J connectivity index is 1.75. The molecule has 0 radical (unpaired) electrons. The minimum absolute atomic E-state index is 0.289. The number of ether oxygens (including phenoxy) is 2. The van der Waals surface area contributed by atoms with Crippen molar-refractivity contribution < 1.29 is 19.4 Å². The molecule has 3 rings (SSSR count). The lowest BCUT2D eigenvalue weighted by molar-refractivity contribution is -0.143. The van der Waals surface area contributed by atoms with E-state index in [9.17, 15) is 9.90 Å². The molecule has 138 valence electrons. The highest BCUT2D eigenvalue weighted by Crippen LogP contribution is 2.33. The molecule has 1 heterocycles. The first-order valence-electron chi connectivity index (χ1n) is 8.95. The largest absolute Gasteiger partial charge is 0.493 e. The summed E-state index contributed by atoms with van der Waals surface area (Å²) in [6.45, 7) is 2.60. The Morgan fingerprint density at radius 2 is 2.00 bits per heavy atom. The van der Waals surface area contributed by atoms with Gasteiger partial charge in [0, 0.05) is 18.7 Å². The first-order valence-corrected chi connectivity index (χ1v) is 8.95. The van der Waals surface area contributed by atoms with Gasteiger partial charge in [-0.3, -0.25) is 9.69 Å². The number of likely N-dealkylation sites (tertiary alicyclic amines) is 1. The predicted molar refractivity (Wildman–Crippen MR) is 99.4 cm³/mol. The number of carbonyl (C=O) groups is 1. The van der Waals surface area contributed by atoms with E-state index in [4.69, 9.17) is 9.47 Å². The summed E-state index contributed by atoms with van der Waals surface area (Å²) in [5.41, 5.74) is 2.11. The molecule has 0 amide bonds. The number of carboxylic acids is 1. The van der Waals surface area contributed by atoms with Gasteiger partial charge >= 0.3 is 5.97 Å². The van der Waals surface area contributed by atoms with Crippen LogP contribution in [0.25, 0.3) is 0 Å². The molecular weight excluding hydrogens is 330 g/mol. The van der Waals surface area contributed by atoms with Gasteiger partial charge in [0.25, 0.3) is 0 Å². The second-order valence-electron chi connectivity index (χ2n) is 6.64. The number of aliphatic carboxylic acids is 1. The lowest BCUT2D eigenvalue weighted by Gasteiger charge is -2.31. The maximum absolute atomic E-state index is 11.3. The van der Waals surface area contributed by atoms with Crippen molar-refractivity contribution in [1.82, 2.24) is 4.90 Å². The van der Waals surface area contributed by atoms with Gasteiger partial charge in [-0.15, -0.1) is 0 Å². The van der Waals surface area contributed by atoms with Crippen LogP contribution in [0.3, 0.4) is 0 Å². The van der Waals surface area contributed by atoms with Crippen LogP contribution in [-0.2, 0) is 17.9 Å². The molecule has 2 aromatic rings. The first-order chi connectivity index (χ1) is 12.7. The Bertz CT molecular complexity index is 732. The molecule has 1 fully saturated rings. The first kappa shape index (κ1) is 18.3. The van der Waals surface area contributed by atoms with Crippen LogP contribution >= 0.6 is 0 Å². The van der Waals surface area contributed by atoms with Crippen LogP contribution in [0.4, 0.5) is 0 Å². The van der Waals surface area contributed by atoms with E-state index < -0.39 is 5.97 Å². The molecule has 0 aliphatic carbocycles. The molecule has 0 aromatic heterocycles. The highest BCUT2D eigenvalue weighted by molar-refractivity contribution is 5.70. The van der Waals surface area contributed by atoms with Crippen molar-refractivity contribution in [3.05, 3.63) is 59.7 Å². The summed E-state index contributed by atoms with van der Waals surface area (Å²) in [5.74, 6) is 0.436. The van der Waals surface area contributed by atoms with E-state index in [1.165, 1.54) is 0 Å². The van der Waals surface area contributed by atoms with E-state index in [-0.39, 0.29) is 5.92 Å². The highest BCUT2D eigenvalue weighted by atomic mass is 16.5. The van der Waals surface area contributed by atoms with E-state index in [1.54, 1.807) is 7.11 Å². The molecule has 1 unspecified atom stereocenters. The highest BCUT2D eigenvalue weighted by Gasteiger charge is 2.26. The fourth-order valence-corrected chi connectivity index (χ4v) is 3.38. The van der Waals surface area contributed by atoms with E-state index in [0.29, 0.717) is 25.4 Å². The fourth-order valence-electron chi connectivity index (χ4n) is 3.38. The Kier molecular flexibility index (Phi) is 6.12. The van der Waals surface area contributed by atoms with Gasteiger partial charge in [0.15, 0.2) is 11.5 Å². The molecule has 1 aliphatic rings. The maximum Gasteiger partial charge on any atom is 0.307 e. The third-order valence-corrected chi connectivity index (χ3v) is 4.76. The molecule has 1 saturated heterocycles. The third kappa shape index (κ3) is 4.55. The van der Waals surface area contributed by atoms with Gasteiger partial charge in [0.2, 0.25) is 0 Å². The zero-order valence-electron chi connectivity index (χ0n) is 15.1. The molecule has 0 spiro atoms. The monoisotopic (exact) mass is 355 g/mol. The SMILES string of the molecule is COc1cccc(CN2CCCC(C(=O)O)C2)c1OCc1ccccc1. The van der Waals surface area contributed by atoms with Gasteiger partial charge in [-0.1, -0.05) is 42.5 Å². The van der Waals surface area contributed by atoms with Crippen molar-refractivity contribution in [1.29, 1.82) is 0 Å². The summed E-state index contributed by atoms with van der Waals surface area (Å²) in [7, 11) is 1.63. The van der Waals surface area contributed by atoms with Gasteiger partial charge in [0.05, 0.1) is 13.0 Å². The average Bonchev–Trinajstić information content (AvgIpc) is 2.67. The van der Waals surface area contributed by atoms with Crippen molar-refractivity contribution in [2.24, 2.45) is 5.92 Å². The standard InChI is InChI=1S/C21H25NO4/c1-25-19-11-5-9-17(13-22-12-6-10-18(14-22)21(23)24)20(19)26-15-16-7-3-2-4-8-16/h2-5,7-9,11,18H,6,10,12-15H2,1H3,(H,23,24). The number of rotatable bonds is 7. The molecule has 1 N–H and O–H groups in total. The number of piperidine rings is 1. The molecule has 26 heavy (non-hydrogen) atoms. The summed E-state index contributed by atoms with van der Waals surface area (Å²) in [4.78, 5) is 13.5. The van der Waals surface area contributed by atoms with E-state index in [0.717, 1.165) is 36.3 Å². The van der Waals surface area contributed by atoms with Gasteiger partial charge in [-0.2, -0.15) is 0 Å². The molecule has 5 heteroatoms. The molecule has 5 nitrogen and oxygen atoms in total. The van der Waals surface area contributed by atoms with Gasteiger partial charge < -0.3 is 14.6 Å². The lowest BCUT2D eigenvalue weighted by atomic mass is 9.98. The number of para-hydroxylation sites is 1. The van der Waals surface area contributed by atoms with E-state index in [1.807, 2.05) is 48.5 Å². The van der Waals surface area contributed by atoms with Crippen LogP contribution in [0.2, 0.25) is 0 Å². The van der Waals surface area contributed by atoms with Crippen molar-refractivity contribution in [2.75, 3.05) is 20.2 Å². The van der Waals surface area contributed by atoms with Crippen molar-refractivity contribution in [3.63, 3.8) is 0 Å². The topological polar surface area (TPSA) is 59.0 Å². The Labute approximate surface area is 154 Å². The van der Waals surface area contributed by atoms with Gasteiger partial charge in [0.1, 0.15) is 6.61 Å². The zero-order chi connectivity index (χ0) is 18.4. The van der Waals surface area contributed by atoms with Crippen molar-refractivity contribution in [2.45, 2.75) is 26.0 Å². The van der Waals surface area contributed by atoms with E-state index >= 15 is 0 Å². The lowest BCUT2D eigenvalue weighted by Crippen LogP contribution is -2.38. The fraction of sp³-hybridized carbons (Fsp3) is 0.381. The minimum Gasteiger partial charge on any atom is -0.493 e. The van der Waals surface area contributed by atoms with Crippen molar-refractivity contribution in [3.8, 4) is 11.5 Å². The Hall–Kier alpha value is -2.53. The summed E-state index contributed by atoms with van der Waals surface area (Å²) < 4.78 is 11.6. The van der Waals surface area contributed by atoms with Crippen LogP contribution in [0.15, 0.2) is 48.5 Å². The average molecular weight is 355 g/mol. The molecule has 1 aliphatic heterocycles. The molecule has 1 atom stereocenters. The van der Waals surface area contributed by atoms with E-state index in [2.05, 4.69) is 4.90 Å². The molecule has 2 aromatic carbocycles. The number of nitrogens with zero attached hydrogens (tertiary/aromatic N) is 1. The summed E-state index contributed by atoms with van der Waals surface area (Å²) in [6.07, 6.45) is 1.66. The van der Waals surface area contributed by atoms with Crippen LogP contribution in [0, 0.1) is 5.92 Å². The number of carboxylic acid groups (broad SMARTS) is 1. The number of hydrogen-bond donors (Lipinski definition) is 1. The van der Waals surface area contributed by atoms with Crippen molar-refractivity contribution >= 4 is 5.97 Å². The molecular formula is C21H25NO4. The van der Waals surface area contributed by atoms with Crippen LogP contribution in [0.1, 0.15) is 24.0 Å². The second-order valence-corrected chi connectivity index (χ2v) is 6.64. The zero-order valence-corrected chi connectivity index (χ0v) is 15.1. The second kappa shape index (κ2) is 8.72. The molecule has 0 bridgehead atoms. The summed E-state index contributed by atoms with van der Waals surface area (Å²) in [6, 6.07) is 15.9. The predicted octanol–water partition coefficient (Wildman–Crippen LogP) is 3.57. The number of hydrogen-bond acceptors (Lipinski definition) is 4. The Morgan fingerprint density at radius 3 is 2.73 bits per heavy atom. The van der Waals surface area contributed by atoms with Gasteiger partial charge in [-0.25, -0.2) is 0 Å². The van der Waals surface area contributed by atoms with Crippen LogP contribution in [-0.4, -0.2) is 36.2 Å². The van der Waals surface area contributed by atoms with Gasteiger partial charge in [-0.05, 0) is 31.0 Å². The maximum atomic E-state index is 11.3. The number of methoxy groups -OCH3 is 1. The Morgan fingerprint density at radius 1 is 1.19 bits per heavy atom. The third-order valence-electron chi connectivity index (χ3n) is 4.76. The quantitative estimate of drug-likeness (QED) is 0.823. The van der Waals surface area contributed by atoms with Crippen LogP contribution in [0.5, 0.6) is 11.5 Å².